The maximum Gasteiger partial charge on any atom is 0.337 e. The number of carbonyl (C=O) groups excluding carboxylic acids is 2. The number of amides is 2. The number of urea groups is 1. The summed E-state index contributed by atoms with van der Waals surface area (Å²) >= 11 is 0. The summed E-state index contributed by atoms with van der Waals surface area (Å²) in [6, 6.07) is 4.29. The number of carboxylic acid groups (broad SMARTS) is 1. The first-order valence-electron chi connectivity index (χ1n) is 9.45. The van der Waals surface area contributed by atoms with Crippen molar-refractivity contribution >= 4 is 23.7 Å². The van der Waals surface area contributed by atoms with Gasteiger partial charge in [0.25, 0.3) is 0 Å². The molecule has 1 aliphatic heterocycles. The first-order chi connectivity index (χ1) is 13.3. The summed E-state index contributed by atoms with van der Waals surface area (Å²) in [4.78, 5) is 38.1. The van der Waals surface area contributed by atoms with Crippen molar-refractivity contribution in [2.24, 2.45) is 11.3 Å². The van der Waals surface area contributed by atoms with Gasteiger partial charge < -0.3 is 24.8 Å². The van der Waals surface area contributed by atoms with Crippen LogP contribution < -0.4 is 10.1 Å². The Kier molecular flexibility index (Phi) is 5.49. The Bertz CT molecular complexity index is 793. The van der Waals surface area contributed by atoms with Gasteiger partial charge >= 0.3 is 18.0 Å². The van der Waals surface area contributed by atoms with Crippen LogP contribution in [0.3, 0.4) is 0 Å². The number of benzene rings is 1. The van der Waals surface area contributed by atoms with Gasteiger partial charge in [-0.1, -0.05) is 6.42 Å². The number of esters is 1. The molecule has 2 N–H and O–H groups in total. The largest absolute Gasteiger partial charge is 0.489 e. The lowest BCUT2D eigenvalue weighted by Crippen LogP contribution is -2.38. The van der Waals surface area contributed by atoms with Crippen LogP contribution in [-0.2, 0) is 9.53 Å². The smallest absolute Gasteiger partial charge is 0.337 e. The molecular weight excluding hydrogens is 364 g/mol. The number of nitrogens with one attached hydrogen (secondary N) is 1. The topological polar surface area (TPSA) is 105 Å². The molecule has 0 bridgehead atoms. The van der Waals surface area contributed by atoms with Gasteiger partial charge in [0.05, 0.1) is 29.9 Å². The van der Waals surface area contributed by atoms with E-state index in [4.69, 9.17) is 9.47 Å². The van der Waals surface area contributed by atoms with Gasteiger partial charge in [0.1, 0.15) is 5.75 Å². The zero-order chi connectivity index (χ0) is 20.5. The predicted octanol–water partition coefficient (Wildman–Crippen LogP) is 2.98. The van der Waals surface area contributed by atoms with Crippen LogP contribution in [0.4, 0.5) is 10.5 Å². The van der Waals surface area contributed by atoms with Gasteiger partial charge in [-0.3, -0.25) is 4.79 Å². The van der Waals surface area contributed by atoms with Crippen molar-refractivity contribution in [3.63, 3.8) is 0 Å². The van der Waals surface area contributed by atoms with Crippen LogP contribution in [0.5, 0.6) is 5.75 Å². The molecule has 1 aliphatic carbocycles. The van der Waals surface area contributed by atoms with Crippen molar-refractivity contribution in [2.75, 3.05) is 25.5 Å². The first kappa shape index (κ1) is 20.0. The number of ether oxygens (including phenoxy) is 2. The van der Waals surface area contributed by atoms with Gasteiger partial charge in [-0.15, -0.1) is 0 Å². The van der Waals surface area contributed by atoms with Crippen molar-refractivity contribution in [1.29, 1.82) is 0 Å². The van der Waals surface area contributed by atoms with Gasteiger partial charge in [0.15, 0.2) is 0 Å². The molecule has 0 unspecified atom stereocenters. The highest BCUT2D eigenvalue weighted by Crippen LogP contribution is 2.49. The second kappa shape index (κ2) is 7.69. The molecule has 0 spiro atoms. The summed E-state index contributed by atoms with van der Waals surface area (Å²) in [5, 5.41) is 12.5. The van der Waals surface area contributed by atoms with Crippen LogP contribution in [0.1, 0.15) is 43.5 Å². The number of anilines is 1. The Hall–Kier alpha value is -2.77. The molecule has 8 nitrogen and oxygen atoms in total. The van der Waals surface area contributed by atoms with E-state index in [1.165, 1.54) is 13.2 Å². The molecule has 1 saturated carbocycles. The van der Waals surface area contributed by atoms with Crippen LogP contribution in [-0.4, -0.2) is 54.3 Å². The lowest BCUT2D eigenvalue weighted by molar-refractivity contribution is -0.149. The average molecular weight is 390 g/mol. The van der Waals surface area contributed by atoms with Crippen molar-refractivity contribution < 1.29 is 29.0 Å². The molecule has 0 aromatic heterocycles. The quantitative estimate of drug-likeness (QED) is 0.749. The molecule has 28 heavy (non-hydrogen) atoms. The standard InChI is InChI=1S/C20H26N2O6/c1-12(2)28-16-7-6-13(17(23)27-3)9-15(16)21-19(26)22-10-14-5-4-8-20(14,11-22)18(24)25/h6-7,9,12,14H,4-5,8,10-11H2,1-3H3,(H,21,26)(H,24,25)/t14-,20+/m0/s1. The Morgan fingerprint density at radius 1 is 1.32 bits per heavy atom. The Balaban J connectivity index is 1.81. The molecule has 8 heteroatoms. The number of fused-ring (bicyclic) bond motifs is 1. The monoisotopic (exact) mass is 390 g/mol. The molecule has 2 atom stereocenters. The fourth-order valence-corrected chi connectivity index (χ4v) is 4.22. The van der Waals surface area contributed by atoms with Crippen molar-refractivity contribution in [3.8, 4) is 5.75 Å². The molecule has 0 radical (unpaired) electrons. The summed E-state index contributed by atoms with van der Waals surface area (Å²) < 4.78 is 10.5. The normalized spacial score (nSPS) is 23.4. The molecule has 152 valence electrons. The minimum atomic E-state index is -0.845. The van der Waals surface area contributed by atoms with E-state index in [1.807, 2.05) is 13.8 Å². The second-order valence-electron chi connectivity index (χ2n) is 7.73. The second-order valence-corrected chi connectivity index (χ2v) is 7.73. The SMILES string of the molecule is COC(=O)c1ccc(OC(C)C)c(NC(=O)N2C[C@@H]3CCC[C@@]3(C(=O)O)C2)c1. The molecule has 1 heterocycles. The van der Waals surface area contributed by atoms with Gasteiger partial charge in [0, 0.05) is 13.1 Å². The first-order valence-corrected chi connectivity index (χ1v) is 9.45. The zero-order valence-corrected chi connectivity index (χ0v) is 16.4. The third kappa shape index (κ3) is 3.63. The summed E-state index contributed by atoms with van der Waals surface area (Å²) in [6.45, 7) is 4.32. The van der Waals surface area contributed by atoms with Crippen molar-refractivity contribution in [2.45, 2.75) is 39.2 Å². The van der Waals surface area contributed by atoms with Gasteiger partial charge in [-0.2, -0.15) is 0 Å². The van der Waals surface area contributed by atoms with E-state index in [1.54, 1.807) is 17.0 Å². The molecule has 2 amide bonds. The Morgan fingerprint density at radius 3 is 2.68 bits per heavy atom. The van der Waals surface area contributed by atoms with E-state index in [2.05, 4.69) is 5.32 Å². The number of carboxylic acids is 1. The third-order valence-electron chi connectivity index (χ3n) is 5.59. The maximum absolute atomic E-state index is 12.8. The lowest BCUT2D eigenvalue weighted by atomic mass is 9.81. The number of aliphatic carboxylic acids is 1. The highest BCUT2D eigenvalue weighted by molar-refractivity contribution is 5.96. The van der Waals surface area contributed by atoms with Crippen LogP contribution in [0.15, 0.2) is 18.2 Å². The maximum atomic E-state index is 12.8. The van der Waals surface area contributed by atoms with Gasteiger partial charge in [-0.25, -0.2) is 9.59 Å². The molecule has 2 fully saturated rings. The summed E-state index contributed by atoms with van der Waals surface area (Å²) in [5.74, 6) is -0.944. The minimum absolute atomic E-state index is 0.0245. The fraction of sp³-hybridized carbons (Fsp3) is 0.550. The van der Waals surface area contributed by atoms with E-state index in [-0.39, 0.29) is 24.1 Å². The van der Waals surface area contributed by atoms with Crippen LogP contribution in [0, 0.1) is 11.3 Å². The van der Waals surface area contributed by atoms with Crippen molar-refractivity contribution in [1.82, 2.24) is 4.90 Å². The highest BCUT2D eigenvalue weighted by Gasteiger charge is 2.55. The van der Waals surface area contributed by atoms with Crippen molar-refractivity contribution in [3.05, 3.63) is 23.8 Å². The van der Waals surface area contributed by atoms with Crippen LogP contribution in [0.2, 0.25) is 0 Å². The fourth-order valence-electron chi connectivity index (χ4n) is 4.22. The summed E-state index contributed by atoms with van der Waals surface area (Å²) in [5.41, 5.74) is -0.208. The zero-order valence-electron chi connectivity index (χ0n) is 16.4. The summed E-state index contributed by atoms with van der Waals surface area (Å²) in [6.07, 6.45) is 2.16. The van der Waals surface area contributed by atoms with E-state index in [9.17, 15) is 19.5 Å². The number of hydrogen-bond donors (Lipinski definition) is 2. The molecular formula is C20H26N2O6. The highest BCUT2D eigenvalue weighted by atomic mass is 16.5. The number of likely N-dealkylation sites (tertiary alicyclic amines) is 1. The molecule has 1 saturated heterocycles. The van der Waals surface area contributed by atoms with E-state index < -0.39 is 23.4 Å². The minimum Gasteiger partial charge on any atom is -0.489 e. The van der Waals surface area contributed by atoms with E-state index in [0.29, 0.717) is 24.4 Å². The third-order valence-corrected chi connectivity index (χ3v) is 5.59. The molecule has 1 aromatic rings. The van der Waals surface area contributed by atoms with E-state index >= 15 is 0 Å². The number of hydrogen-bond acceptors (Lipinski definition) is 5. The molecule has 2 aliphatic rings. The summed E-state index contributed by atoms with van der Waals surface area (Å²) in [7, 11) is 1.29. The Morgan fingerprint density at radius 2 is 2.07 bits per heavy atom. The van der Waals surface area contributed by atoms with E-state index in [0.717, 1.165) is 12.8 Å². The van der Waals surface area contributed by atoms with Crippen LogP contribution in [0.25, 0.3) is 0 Å². The number of nitrogens with zero attached hydrogens (tertiary/aromatic N) is 1. The van der Waals surface area contributed by atoms with Gasteiger partial charge in [-0.05, 0) is 50.8 Å². The van der Waals surface area contributed by atoms with Crippen LogP contribution >= 0.6 is 0 Å². The van der Waals surface area contributed by atoms with Gasteiger partial charge in [0.2, 0.25) is 0 Å². The predicted molar refractivity (Wildman–Crippen MR) is 102 cm³/mol. The molecule has 3 rings (SSSR count). The Labute approximate surface area is 163 Å². The number of methoxy groups -OCH3 is 1. The number of rotatable bonds is 5. The lowest BCUT2D eigenvalue weighted by Gasteiger charge is -2.24. The molecule has 1 aromatic carbocycles. The number of carbonyl (C=O) groups is 3. The average Bonchev–Trinajstić information content (AvgIpc) is 3.20.